The smallest absolute Gasteiger partial charge is 0.0221 e. The maximum absolute atomic E-state index is 5.29. The zero-order valence-corrected chi connectivity index (χ0v) is 3.85. The van der Waals surface area contributed by atoms with Crippen LogP contribution in [0.1, 0.15) is 6.42 Å². The summed E-state index contributed by atoms with van der Waals surface area (Å²) in [5.41, 5.74) is 5.29. The molecule has 0 aliphatic rings. The minimum Gasteiger partial charge on any atom is -0.324 e. The lowest BCUT2D eigenvalue weighted by Gasteiger charge is -1.94. The molecular formula is C5H10N. The predicted octanol–water partition coefficient (Wildman–Crippen LogP) is 0.724. The normalized spacial score (nSPS) is 13.7. The lowest BCUT2D eigenvalue weighted by Crippen LogP contribution is -2.13. The molecule has 6 heavy (non-hydrogen) atoms. The van der Waals surface area contributed by atoms with Gasteiger partial charge >= 0.3 is 0 Å². The van der Waals surface area contributed by atoms with E-state index < -0.39 is 0 Å². The Morgan fingerprint density at radius 2 is 2.33 bits per heavy atom. The maximum atomic E-state index is 5.29. The molecule has 2 N–H and O–H groups in total. The zero-order valence-electron chi connectivity index (χ0n) is 3.85. The van der Waals surface area contributed by atoms with E-state index in [-0.39, 0.29) is 6.04 Å². The second-order valence-electron chi connectivity index (χ2n) is 1.19. The first-order chi connectivity index (χ1) is 2.81. The number of rotatable bonds is 2. The van der Waals surface area contributed by atoms with Gasteiger partial charge in [0.25, 0.3) is 0 Å². The molecule has 1 radical (unpaired) electrons. The van der Waals surface area contributed by atoms with Crippen LogP contribution in [0.25, 0.3) is 0 Å². The van der Waals surface area contributed by atoms with E-state index in [9.17, 15) is 0 Å². The molecule has 1 atom stereocenters. The average Bonchev–Trinajstić information content (AvgIpc) is 1.65. The largest absolute Gasteiger partial charge is 0.324 e. The van der Waals surface area contributed by atoms with E-state index in [0.717, 1.165) is 6.42 Å². The van der Waals surface area contributed by atoms with Crippen LogP contribution in [0.5, 0.6) is 0 Å². The van der Waals surface area contributed by atoms with Crippen LogP contribution in [0.4, 0.5) is 0 Å². The lowest BCUT2D eigenvalue weighted by atomic mass is 10.2. The lowest BCUT2D eigenvalue weighted by molar-refractivity contribution is 0.834. The SMILES string of the molecule is [CH2]CC(N)C=C. The molecule has 0 saturated heterocycles. The van der Waals surface area contributed by atoms with Gasteiger partial charge in [-0.25, -0.2) is 0 Å². The van der Waals surface area contributed by atoms with E-state index in [0.29, 0.717) is 0 Å². The molecule has 0 fully saturated rings. The summed E-state index contributed by atoms with van der Waals surface area (Å²) in [6.07, 6.45) is 2.43. The molecule has 0 heterocycles. The van der Waals surface area contributed by atoms with Crippen LogP contribution in [-0.2, 0) is 0 Å². The van der Waals surface area contributed by atoms with E-state index in [4.69, 9.17) is 5.73 Å². The quantitative estimate of drug-likeness (QED) is 0.490. The highest BCUT2D eigenvalue weighted by atomic mass is 14.6. The molecule has 0 spiro atoms. The topological polar surface area (TPSA) is 26.0 Å². The van der Waals surface area contributed by atoms with Crippen molar-refractivity contribution in [2.45, 2.75) is 12.5 Å². The Balaban J connectivity index is 2.96. The fourth-order valence-electron chi connectivity index (χ4n) is 0.118. The fraction of sp³-hybridized carbons (Fsp3) is 0.400. The molecule has 0 saturated carbocycles. The summed E-state index contributed by atoms with van der Waals surface area (Å²) in [4.78, 5) is 0. The Labute approximate surface area is 38.8 Å². The molecule has 0 aromatic carbocycles. The van der Waals surface area contributed by atoms with Crippen molar-refractivity contribution < 1.29 is 0 Å². The molecule has 1 heteroatoms. The molecule has 0 aromatic heterocycles. The van der Waals surface area contributed by atoms with Gasteiger partial charge in [0.1, 0.15) is 0 Å². The van der Waals surface area contributed by atoms with Crippen LogP contribution >= 0.6 is 0 Å². The van der Waals surface area contributed by atoms with Crippen LogP contribution < -0.4 is 5.73 Å². The van der Waals surface area contributed by atoms with Gasteiger partial charge in [-0.2, -0.15) is 0 Å². The third-order valence-electron chi connectivity index (χ3n) is 0.636. The Kier molecular flexibility index (Phi) is 2.77. The van der Waals surface area contributed by atoms with Crippen molar-refractivity contribution >= 4 is 0 Å². The van der Waals surface area contributed by atoms with Gasteiger partial charge in [-0.1, -0.05) is 13.0 Å². The summed E-state index contributed by atoms with van der Waals surface area (Å²) in [6, 6.07) is 0.0880. The molecule has 0 rings (SSSR count). The Morgan fingerprint density at radius 3 is 2.33 bits per heavy atom. The molecule has 0 aromatic rings. The van der Waals surface area contributed by atoms with Crippen molar-refractivity contribution in [3.05, 3.63) is 19.6 Å². The second kappa shape index (κ2) is 2.91. The number of nitrogens with two attached hydrogens (primary N) is 1. The summed E-state index contributed by atoms with van der Waals surface area (Å²) in [6.45, 7) is 7.03. The second-order valence-corrected chi connectivity index (χ2v) is 1.19. The van der Waals surface area contributed by atoms with Crippen LogP contribution in [0.2, 0.25) is 0 Å². The predicted molar refractivity (Wildman–Crippen MR) is 28.1 cm³/mol. The molecule has 0 amide bonds. The number of hydrogen-bond acceptors (Lipinski definition) is 1. The average molecular weight is 84.1 g/mol. The van der Waals surface area contributed by atoms with Gasteiger partial charge < -0.3 is 5.73 Å². The standard InChI is InChI=1S/C5H10N/c1-3-5(6)4-2/h3,5H,1-2,4,6H2. The van der Waals surface area contributed by atoms with Gasteiger partial charge in [0.05, 0.1) is 0 Å². The highest BCUT2D eigenvalue weighted by molar-refractivity contribution is 4.82. The van der Waals surface area contributed by atoms with Crippen molar-refractivity contribution in [3.63, 3.8) is 0 Å². The monoisotopic (exact) mass is 84.1 g/mol. The van der Waals surface area contributed by atoms with Gasteiger partial charge in [-0.05, 0) is 6.42 Å². The summed E-state index contributed by atoms with van der Waals surface area (Å²) in [7, 11) is 0. The minimum absolute atomic E-state index is 0.0880. The van der Waals surface area contributed by atoms with Crippen LogP contribution in [0.3, 0.4) is 0 Å². The highest BCUT2D eigenvalue weighted by Crippen LogP contribution is 1.81. The molecule has 0 aliphatic carbocycles. The highest BCUT2D eigenvalue weighted by Gasteiger charge is 1.84. The fourth-order valence-corrected chi connectivity index (χ4v) is 0.118. The minimum atomic E-state index is 0.0880. The molecule has 1 nitrogen and oxygen atoms in total. The first kappa shape index (κ1) is 5.70. The first-order valence-corrected chi connectivity index (χ1v) is 1.98. The van der Waals surface area contributed by atoms with Crippen molar-refractivity contribution in [2.24, 2.45) is 5.73 Å². The van der Waals surface area contributed by atoms with Gasteiger partial charge in [-0.3, -0.25) is 0 Å². The summed E-state index contributed by atoms with van der Waals surface area (Å²) in [5, 5.41) is 0. The van der Waals surface area contributed by atoms with Crippen molar-refractivity contribution in [2.75, 3.05) is 0 Å². The zero-order chi connectivity index (χ0) is 4.99. The van der Waals surface area contributed by atoms with Gasteiger partial charge in [0, 0.05) is 6.04 Å². The van der Waals surface area contributed by atoms with Crippen molar-refractivity contribution in [3.8, 4) is 0 Å². The van der Waals surface area contributed by atoms with Crippen LogP contribution in [-0.4, -0.2) is 6.04 Å². The van der Waals surface area contributed by atoms with Crippen LogP contribution in [0, 0.1) is 6.92 Å². The Morgan fingerprint density at radius 1 is 1.83 bits per heavy atom. The van der Waals surface area contributed by atoms with E-state index in [2.05, 4.69) is 13.5 Å². The van der Waals surface area contributed by atoms with E-state index in [1.165, 1.54) is 0 Å². The van der Waals surface area contributed by atoms with Gasteiger partial charge in [0.2, 0.25) is 0 Å². The Bertz CT molecular complexity index is 41.2. The summed E-state index contributed by atoms with van der Waals surface area (Å²) in [5.74, 6) is 0. The molecule has 35 valence electrons. The van der Waals surface area contributed by atoms with Gasteiger partial charge in [0.15, 0.2) is 0 Å². The third kappa shape index (κ3) is 1.97. The summed E-state index contributed by atoms with van der Waals surface area (Å²) < 4.78 is 0. The van der Waals surface area contributed by atoms with E-state index in [1.807, 2.05) is 0 Å². The van der Waals surface area contributed by atoms with Crippen molar-refractivity contribution in [1.82, 2.24) is 0 Å². The third-order valence-corrected chi connectivity index (χ3v) is 0.636. The van der Waals surface area contributed by atoms with E-state index in [1.54, 1.807) is 6.08 Å². The molecule has 1 unspecified atom stereocenters. The summed E-state index contributed by atoms with van der Waals surface area (Å²) >= 11 is 0. The van der Waals surface area contributed by atoms with Crippen molar-refractivity contribution in [1.29, 1.82) is 0 Å². The first-order valence-electron chi connectivity index (χ1n) is 1.98. The molecule has 0 bridgehead atoms. The van der Waals surface area contributed by atoms with Crippen LogP contribution in [0.15, 0.2) is 12.7 Å². The Hall–Kier alpha value is -0.300. The number of hydrogen-bond donors (Lipinski definition) is 1. The maximum Gasteiger partial charge on any atom is 0.0221 e. The van der Waals surface area contributed by atoms with Gasteiger partial charge in [-0.15, -0.1) is 6.58 Å². The molecule has 0 aliphatic heterocycles. The van der Waals surface area contributed by atoms with E-state index >= 15 is 0 Å². The molecular weight excluding hydrogens is 74.1 g/mol.